The smallest absolute Gasteiger partial charge is 0.218 e. The van der Waals surface area contributed by atoms with Gasteiger partial charge in [0.15, 0.2) is 0 Å². The van der Waals surface area contributed by atoms with Crippen molar-refractivity contribution in [1.29, 1.82) is 0 Å². The number of carbonyl (C=O) groups is 1. The Morgan fingerprint density at radius 2 is 1.80 bits per heavy atom. The van der Waals surface area contributed by atoms with Gasteiger partial charge in [-0.2, -0.15) is 0 Å². The lowest BCUT2D eigenvalue weighted by atomic mass is 10.9. The molecule has 0 aromatic carbocycles. The van der Waals surface area contributed by atoms with Crippen molar-refractivity contribution in [2.75, 3.05) is 0 Å². The summed E-state index contributed by atoms with van der Waals surface area (Å²) >= 11 is 4.64. The van der Waals surface area contributed by atoms with Gasteiger partial charge < -0.3 is 0 Å². The Morgan fingerprint density at radius 3 is 1.80 bits per heavy atom. The fourth-order valence-corrected chi connectivity index (χ4v) is 0. The molecule has 1 nitrogen and oxygen atoms in total. The van der Waals surface area contributed by atoms with Gasteiger partial charge in [0.05, 0.1) is 0 Å². The zero-order valence-electron chi connectivity index (χ0n) is 2.69. The second kappa shape index (κ2) is 4.44. The first-order valence-corrected chi connectivity index (χ1v) is 1.27. The first-order valence-electron chi connectivity index (χ1n) is 0.893. The maximum absolute atomic E-state index is 9.21. The van der Waals surface area contributed by atoms with Crippen LogP contribution in [0.5, 0.6) is 0 Å². The van der Waals surface area contributed by atoms with Crippen LogP contribution < -0.4 is 0 Å². The predicted molar refractivity (Wildman–Crippen MR) is 26.9 cm³/mol. The molecule has 0 amide bonds. The fourth-order valence-electron chi connectivity index (χ4n) is 0. The van der Waals surface area contributed by atoms with Gasteiger partial charge in [0, 0.05) is 6.92 Å². The first-order chi connectivity index (χ1) is 1.73. The lowest BCUT2D eigenvalue weighted by Crippen LogP contribution is -1.62. The molecule has 32 valence electrons. The highest BCUT2D eigenvalue weighted by atomic mass is 79.9. The van der Waals surface area contributed by atoms with Crippen LogP contribution in [0.4, 0.5) is 0 Å². The van der Waals surface area contributed by atoms with E-state index >= 15 is 0 Å². The van der Waals surface area contributed by atoms with Crippen molar-refractivity contribution >= 4 is 33.8 Å². The van der Waals surface area contributed by atoms with Crippen molar-refractivity contribution < 1.29 is 4.79 Å². The summed E-state index contributed by atoms with van der Waals surface area (Å²) in [5.74, 6) is 0. The molecular formula is C2H4BrClO. The number of halogens is 2. The molecule has 0 heterocycles. The Hall–Kier alpha value is 0.440. The first kappa shape index (κ1) is 9.06. The van der Waals surface area contributed by atoms with Crippen LogP contribution in [0.1, 0.15) is 6.92 Å². The molecule has 0 atom stereocenters. The third kappa shape index (κ3) is 137. The molecule has 0 aliphatic carbocycles. The molecule has 0 saturated carbocycles. The topological polar surface area (TPSA) is 17.1 Å². The monoisotopic (exact) mass is 158 g/mol. The second-order valence-electron chi connectivity index (χ2n) is 0.470. The lowest BCUT2D eigenvalue weighted by Gasteiger charge is -1.52. The van der Waals surface area contributed by atoms with Crippen molar-refractivity contribution in [1.82, 2.24) is 0 Å². The minimum atomic E-state index is -0.361. The van der Waals surface area contributed by atoms with Gasteiger partial charge in [-0.15, -0.1) is 17.0 Å². The number of hydrogen-bond acceptors (Lipinski definition) is 1. The minimum absolute atomic E-state index is 0. The summed E-state index contributed by atoms with van der Waals surface area (Å²) in [4.78, 5) is 9.21. The van der Waals surface area contributed by atoms with Gasteiger partial charge in [-0.3, -0.25) is 4.79 Å². The van der Waals surface area contributed by atoms with Crippen LogP contribution in [0.2, 0.25) is 0 Å². The van der Waals surface area contributed by atoms with E-state index < -0.39 is 0 Å². The molecule has 3 heteroatoms. The van der Waals surface area contributed by atoms with Crippen molar-refractivity contribution in [2.45, 2.75) is 6.92 Å². The van der Waals surface area contributed by atoms with Gasteiger partial charge in [0.1, 0.15) is 0 Å². The molecule has 0 aromatic rings. The van der Waals surface area contributed by atoms with Gasteiger partial charge in [-0.1, -0.05) is 0 Å². The van der Waals surface area contributed by atoms with Crippen LogP contribution in [-0.2, 0) is 4.79 Å². The second-order valence-corrected chi connectivity index (χ2v) is 1.00. The van der Waals surface area contributed by atoms with E-state index in [-0.39, 0.29) is 22.2 Å². The lowest BCUT2D eigenvalue weighted by molar-refractivity contribution is -0.109. The Bertz CT molecular complexity index is 32.6. The van der Waals surface area contributed by atoms with E-state index in [2.05, 4.69) is 11.6 Å². The quantitative estimate of drug-likeness (QED) is 0.488. The van der Waals surface area contributed by atoms with E-state index in [1.807, 2.05) is 0 Å². The van der Waals surface area contributed by atoms with E-state index in [0.717, 1.165) is 0 Å². The van der Waals surface area contributed by atoms with Crippen molar-refractivity contribution in [3.8, 4) is 0 Å². The molecule has 0 aliphatic heterocycles. The van der Waals surface area contributed by atoms with Crippen molar-refractivity contribution in [3.63, 3.8) is 0 Å². The predicted octanol–water partition coefficient (Wildman–Crippen LogP) is 1.35. The molecule has 0 spiro atoms. The van der Waals surface area contributed by atoms with E-state index in [1.165, 1.54) is 6.92 Å². The van der Waals surface area contributed by atoms with Gasteiger partial charge in [0.2, 0.25) is 5.24 Å². The Labute approximate surface area is 46.1 Å². The van der Waals surface area contributed by atoms with Crippen LogP contribution >= 0.6 is 28.6 Å². The summed E-state index contributed by atoms with van der Waals surface area (Å²) in [6.45, 7) is 1.29. The summed E-state index contributed by atoms with van der Waals surface area (Å²) in [5.41, 5.74) is 0. The third-order valence-corrected chi connectivity index (χ3v) is 0. The summed E-state index contributed by atoms with van der Waals surface area (Å²) in [6.07, 6.45) is 0. The number of carbonyl (C=O) groups excluding carboxylic acids is 1. The molecule has 0 fully saturated rings. The molecule has 0 rings (SSSR count). The molecule has 0 radical (unpaired) electrons. The summed E-state index contributed by atoms with van der Waals surface area (Å²) < 4.78 is 0. The Kier molecular flexibility index (Phi) is 8.05. The average molecular weight is 159 g/mol. The third-order valence-electron chi connectivity index (χ3n) is 0. The van der Waals surface area contributed by atoms with E-state index in [9.17, 15) is 4.79 Å². The fraction of sp³-hybridized carbons (Fsp3) is 0.500. The number of hydrogen-bond donors (Lipinski definition) is 0. The van der Waals surface area contributed by atoms with Crippen LogP contribution in [-0.4, -0.2) is 5.24 Å². The van der Waals surface area contributed by atoms with Crippen molar-refractivity contribution in [3.05, 3.63) is 0 Å². The molecule has 0 N–H and O–H groups in total. The molecule has 0 bridgehead atoms. The largest absolute Gasteiger partial charge is 0.282 e. The molecule has 0 aliphatic rings. The van der Waals surface area contributed by atoms with Crippen LogP contribution in [0, 0.1) is 0 Å². The van der Waals surface area contributed by atoms with Crippen LogP contribution in [0.15, 0.2) is 0 Å². The minimum Gasteiger partial charge on any atom is -0.282 e. The van der Waals surface area contributed by atoms with Crippen LogP contribution in [0.25, 0.3) is 0 Å². The van der Waals surface area contributed by atoms with Gasteiger partial charge in [0.25, 0.3) is 0 Å². The van der Waals surface area contributed by atoms with Gasteiger partial charge in [-0.25, -0.2) is 0 Å². The molecule has 0 unspecified atom stereocenters. The van der Waals surface area contributed by atoms with Crippen molar-refractivity contribution in [2.24, 2.45) is 0 Å². The summed E-state index contributed by atoms with van der Waals surface area (Å²) in [7, 11) is 0. The highest BCUT2D eigenvalue weighted by Crippen LogP contribution is 1.67. The zero-order valence-corrected chi connectivity index (χ0v) is 5.16. The Morgan fingerprint density at radius 1 is 1.80 bits per heavy atom. The van der Waals surface area contributed by atoms with Crippen LogP contribution in [0.3, 0.4) is 0 Å². The number of rotatable bonds is 0. The summed E-state index contributed by atoms with van der Waals surface area (Å²) in [6, 6.07) is 0. The zero-order chi connectivity index (χ0) is 3.58. The van der Waals surface area contributed by atoms with E-state index in [0.29, 0.717) is 0 Å². The SMILES string of the molecule is Br.CC(=O)Cl. The average Bonchev–Trinajstić information content (AvgIpc) is 0.811. The normalized spacial score (nSPS) is 5.20. The maximum Gasteiger partial charge on any atom is 0.218 e. The molecule has 5 heavy (non-hydrogen) atoms. The maximum atomic E-state index is 9.21. The standard InChI is InChI=1S/C2H3ClO.BrH/c1-2(3)4;/h1H3;1H. The van der Waals surface area contributed by atoms with Gasteiger partial charge in [-0.05, 0) is 11.6 Å². The Balaban J connectivity index is 0. The molecule has 0 aromatic heterocycles. The van der Waals surface area contributed by atoms with E-state index in [4.69, 9.17) is 0 Å². The summed E-state index contributed by atoms with van der Waals surface area (Å²) in [5, 5.41) is -0.361. The molecule has 0 saturated heterocycles. The highest BCUT2D eigenvalue weighted by Gasteiger charge is 1.67. The molecular weight excluding hydrogens is 155 g/mol. The highest BCUT2D eigenvalue weighted by molar-refractivity contribution is 8.93. The van der Waals surface area contributed by atoms with Gasteiger partial charge >= 0.3 is 0 Å². The van der Waals surface area contributed by atoms with E-state index in [1.54, 1.807) is 0 Å².